The number of anilines is 1. The second kappa shape index (κ2) is 6.83. The summed E-state index contributed by atoms with van der Waals surface area (Å²) < 4.78 is 18.3. The minimum atomic E-state index is -0.986. The van der Waals surface area contributed by atoms with Crippen LogP contribution in [0.3, 0.4) is 0 Å². The largest absolute Gasteiger partial charge is 0.465 e. The zero-order valence-electron chi connectivity index (χ0n) is 12.1. The number of carbonyl (C=O) groups is 1. The van der Waals surface area contributed by atoms with Gasteiger partial charge in [-0.2, -0.15) is 0 Å². The molecule has 0 N–H and O–H groups in total. The number of hydrogen-bond acceptors (Lipinski definition) is 5. The van der Waals surface area contributed by atoms with Crippen LogP contribution < -0.4 is 4.90 Å². The Labute approximate surface area is 122 Å². The van der Waals surface area contributed by atoms with Crippen molar-refractivity contribution in [1.29, 1.82) is 0 Å². The first-order chi connectivity index (χ1) is 9.83. The molecule has 21 heavy (non-hydrogen) atoms. The van der Waals surface area contributed by atoms with Crippen molar-refractivity contribution in [3.05, 3.63) is 46.3 Å². The first-order valence-corrected chi connectivity index (χ1v) is 6.27. The standard InChI is InChI=1S/C14H17FN2O4/c1-5-6-16(9(2)3)12-7-10(14(18)21-4)11(15)8-13(12)17(19)20/h5,7-9H,1,6H2,2-4H3. The lowest BCUT2D eigenvalue weighted by Crippen LogP contribution is -2.31. The summed E-state index contributed by atoms with van der Waals surface area (Å²) in [5.74, 6) is -1.87. The summed E-state index contributed by atoms with van der Waals surface area (Å²) in [7, 11) is 1.12. The average Bonchev–Trinajstić information content (AvgIpc) is 2.43. The van der Waals surface area contributed by atoms with E-state index < -0.39 is 22.4 Å². The molecule has 0 spiro atoms. The van der Waals surface area contributed by atoms with Gasteiger partial charge < -0.3 is 9.64 Å². The van der Waals surface area contributed by atoms with Crippen LogP contribution in [0, 0.1) is 15.9 Å². The van der Waals surface area contributed by atoms with Crippen molar-refractivity contribution in [2.45, 2.75) is 19.9 Å². The van der Waals surface area contributed by atoms with Crippen LogP contribution in [-0.4, -0.2) is 30.6 Å². The van der Waals surface area contributed by atoms with Crippen molar-refractivity contribution in [2.75, 3.05) is 18.6 Å². The van der Waals surface area contributed by atoms with Gasteiger partial charge in [0.05, 0.1) is 23.7 Å². The molecule has 1 rings (SSSR count). The van der Waals surface area contributed by atoms with Crippen LogP contribution in [0.2, 0.25) is 0 Å². The number of rotatable bonds is 6. The lowest BCUT2D eigenvalue weighted by atomic mass is 10.1. The van der Waals surface area contributed by atoms with Crippen molar-refractivity contribution in [2.24, 2.45) is 0 Å². The Bertz CT molecular complexity index is 572. The Hall–Kier alpha value is -2.44. The number of nitrogens with zero attached hydrogens (tertiary/aromatic N) is 2. The van der Waals surface area contributed by atoms with Gasteiger partial charge in [-0.25, -0.2) is 9.18 Å². The van der Waals surface area contributed by atoms with Crippen molar-refractivity contribution in [3.8, 4) is 0 Å². The molecule has 0 amide bonds. The van der Waals surface area contributed by atoms with Gasteiger partial charge in [0, 0.05) is 12.6 Å². The van der Waals surface area contributed by atoms with E-state index in [0.717, 1.165) is 19.2 Å². The van der Waals surface area contributed by atoms with Crippen LogP contribution in [0.4, 0.5) is 15.8 Å². The fourth-order valence-corrected chi connectivity index (χ4v) is 1.92. The topological polar surface area (TPSA) is 72.7 Å². The third-order valence-electron chi connectivity index (χ3n) is 2.92. The number of nitro groups is 1. The maximum Gasteiger partial charge on any atom is 0.340 e. The molecule has 0 aliphatic rings. The molecular formula is C14H17FN2O4. The number of ether oxygens (including phenoxy) is 1. The smallest absolute Gasteiger partial charge is 0.340 e. The predicted octanol–water partition coefficient (Wildman–Crippen LogP) is 2.92. The van der Waals surface area contributed by atoms with Gasteiger partial charge in [-0.05, 0) is 19.9 Å². The number of benzene rings is 1. The van der Waals surface area contributed by atoms with Crippen molar-refractivity contribution in [3.63, 3.8) is 0 Å². The minimum absolute atomic E-state index is 0.0994. The molecule has 0 saturated carbocycles. The zero-order chi connectivity index (χ0) is 16.2. The number of esters is 1. The first kappa shape index (κ1) is 16.6. The van der Waals surface area contributed by atoms with E-state index in [-0.39, 0.29) is 17.3 Å². The van der Waals surface area contributed by atoms with Gasteiger partial charge in [0.25, 0.3) is 5.69 Å². The highest BCUT2D eigenvalue weighted by Gasteiger charge is 2.26. The van der Waals surface area contributed by atoms with Gasteiger partial charge in [0.1, 0.15) is 11.5 Å². The third kappa shape index (κ3) is 3.56. The fraction of sp³-hybridized carbons (Fsp3) is 0.357. The molecule has 0 aromatic heterocycles. The van der Waals surface area contributed by atoms with Gasteiger partial charge >= 0.3 is 5.97 Å². The Morgan fingerprint density at radius 2 is 2.19 bits per heavy atom. The second-order valence-electron chi connectivity index (χ2n) is 4.60. The molecule has 0 aliphatic carbocycles. The molecule has 7 heteroatoms. The van der Waals surface area contributed by atoms with Crippen LogP contribution in [-0.2, 0) is 4.74 Å². The molecule has 0 aliphatic heterocycles. The second-order valence-corrected chi connectivity index (χ2v) is 4.60. The molecule has 0 saturated heterocycles. The molecule has 0 bridgehead atoms. The summed E-state index contributed by atoms with van der Waals surface area (Å²) in [5.41, 5.74) is -0.597. The normalized spacial score (nSPS) is 10.3. The lowest BCUT2D eigenvalue weighted by Gasteiger charge is -2.27. The van der Waals surface area contributed by atoms with Gasteiger partial charge in [-0.15, -0.1) is 6.58 Å². The minimum Gasteiger partial charge on any atom is -0.465 e. The van der Waals surface area contributed by atoms with Gasteiger partial charge in [0.2, 0.25) is 0 Å². The van der Waals surface area contributed by atoms with E-state index in [1.807, 2.05) is 13.8 Å². The molecule has 1 aromatic rings. The van der Waals surface area contributed by atoms with Crippen LogP contribution in [0.5, 0.6) is 0 Å². The van der Waals surface area contributed by atoms with Crippen molar-refractivity contribution < 1.29 is 18.8 Å². The first-order valence-electron chi connectivity index (χ1n) is 6.27. The molecule has 6 nitrogen and oxygen atoms in total. The molecular weight excluding hydrogens is 279 g/mol. The Morgan fingerprint density at radius 1 is 1.57 bits per heavy atom. The molecule has 0 radical (unpaired) electrons. The number of halogens is 1. The summed E-state index contributed by atoms with van der Waals surface area (Å²) >= 11 is 0. The van der Waals surface area contributed by atoms with E-state index in [2.05, 4.69) is 11.3 Å². The number of hydrogen-bond donors (Lipinski definition) is 0. The van der Waals surface area contributed by atoms with E-state index in [0.29, 0.717) is 6.54 Å². The quantitative estimate of drug-likeness (QED) is 0.349. The predicted molar refractivity (Wildman–Crippen MR) is 77.1 cm³/mol. The highest BCUT2D eigenvalue weighted by Crippen LogP contribution is 2.32. The maximum absolute atomic E-state index is 13.8. The van der Waals surface area contributed by atoms with E-state index in [1.54, 1.807) is 11.0 Å². The Balaban J connectivity index is 3.54. The van der Waals surface area contributed by atoms with Crippen LogP contribution >= 0.6 is 0 Å². The summed E-state index contributed by atoms with van der Waals surface area (Å²) in [6.07, 6.45) is 1.57. The SMILES string of the molecule is C=CCN(c1cc(C(=O)OC)c(F)cc1[N+](=O)[O-])C(C)C. The highest BCUT2D eigenvalue weighted by atomic mass is 19.1. The Kier molecular flexibility index (Phi) is 5.40. The molecule has 0 atom stereocenters. The fourth-order valence-electron chi connectivity index (χ4n) is 1.92. The van der Waals surface area contributed by atoms with E-state index in [4.69, 9.17) is 0 Å². The van der Waals surface area contributed by atoms with Crippen LogP contribution in [0.1, 0.15) is 24.2 Å². The third-order valence-corrected chi connectivity index (χ3v) is 2.92. The van der Waals surface area contributed by atoms with E-state index in [1.165, 1.54) is 0 Å². The zero-order valence-corrected chi connectivity index (χ0v) is 12.1. The molecule has 1 aromatic carbocycles. The monoisotopic (exact) mass is 296 g/mol. The van der Waals surface area contributed by atoms with Crippen molar-refractivity contribution >= 4 is 17.3 Å². The summed E-state index contributed by atoms with van der Waals surface area (Å²) in [6, 6.07) is 1.78. The van der Waals surface area contributed by atoms with Gasteiger partial charge in [-0.3, -0.25) is 10.1 Å². The summed E-state index contributed by atoms with van der Waals surface area (Å²) in [5, 5.41) is 11.1. The van der Waals surface area contributed by atoms with Gasteiger partial charge in [-0.1, -0.05) is 6.08 Å². The maximum atomic E-state index is 13.8. The lowest BCUT2D eigenvalue weighted by molar-refractivity contribution is -0.384. The average molecular weight is 296 g/mol. The van der Waals surface area contributed by atoms with Gasteiger partial charge in [0.15, 0.2) is 0 Å². The van der Waals surface area contributed by atoms with E-state index >= 15 is 0 Å². The summed E-state index contributed by atoms with van der Waals surface area (Å²) in [4.78, 5) is 23.6. The molecule has 114 valence electrons. The number of methoxy groups -OCH3 is 1. The van der Waals surface area contributed by atoms with Crippen molar-refractivity contribution in [1.82, 2.24) is 0 Å². The highest BCUT2D eigenvalue weighted by molar-refractivity contribution is 5.92. The molecule has 0 fully saturated rings. The molecule has 0 unspecified atom stereocenters. The molecule has 0 heterocycles. The summed E-state index contributed by atoms with van der Waals surface area (Å²) in [6.45, 7) is 7.58. The Morgan fingerprint density at radius 3 is 2.62 bits per heavy atom. The van der Waals surface area contributed by atoms with E-state index in [9.17, 15) is 19.3 Å². The number of nitro benzene ring substituents is 1. The van der Waals surface area contributed by atoms with Crippen LogP contribution in [0.25, 0.3) is 0 Å². The van der Waals surface area contributed by atoms with Crippen LogP contribution in [0.15, 0.2) is 24.8 Å². The number of carbonyl (C=O) groups excluding carboxylic acids is 1.